The SMILES string of the molecule is CCCCNc1ncnc2c1oc1nc3c(cc12)CCCC3. The molecule has 0 aliphatic heterocycles. The number of unbranched alkanes of at least 4 members (excludes halogenated alkanes) is 1. The number of aromatic nitrogens is 3. The zero-order valence-electron chi connectivity index (χ0n) is 12.9. The summed E-state index contributed by atoms with van der Waals surface area (Å²) in [5.41, 5.74) is 4.81. The van der Waals surface area contributed by atoms with Crippen LogP contribution in [0, 0.1) is 0 Å². The number of fused-ring (bicyclic) bond motifs is 4. The third-order valence-electron chi connectivity index (χ3n) is 4.35. The largest absolute Gasteiger partial charge is 0.432 e. The fraction of sp³-hybridized carbons (Fsp3) is 0.471. The maximum Gasteiger partial charge on any atom is 0.229 e. The van der Waals surface area contributed by atoms with Gasteiger partial charge in [-0.3, -0.25) is 0 Å². The molecule has 3 aromatic heterocycles. The first-order chi connectivity index (χ1) is 10.9. The summed E-state index contributed by atoms with van der Waals surface area (Å²) in [6.07, 6.45) is 8.48. The Hall–Kier alpha value is -2.17. The minimum Gasteiger partial charge on any atom is -0.432 e. The van der Waals surface area contributed by atoms with Gasteiger partial charge in [-0.05, 0) is 43.7 Å². The molecule has 5 nitrogen and oxygen atoms in total. The van der Waals surface area contributed by atoms with Gasteiger partial charge in [-0.2, -0.15) is 0 Å². The van der Waals surface area contributed by atoms with Crippen LogP contribution in [0.25, 0.3) is 22.2 Å². The van der Waals surface area contributed by atoms with Gasteiger partial charge in [0.15, 0.2) is 11.4 Å². The van der Waals surface area contributed by atoms with Gasteiger partial charge < -0.3 is 9.73 Å². The first-order valence-corrected chi connectivity index (χ1v) is 8.16. The maximum absolute atomic E-state index is 5.98. The number of nitrogens with one attached hydrogen (secondary N) is 1. The number of aryl methyl sites for hydroxylation is 2. The van der Waals surface area contributed by atoms with Crippen molar-refractivity contribution in [3.05, 3.63) is 23.7 Å². The van der Waals surface area contributed by atoms with E-state index in [4.69, 9.17) is 9.40 Å². The first kappa shape index (κ1) is 13.5. The Labute approximate surface area is 129 Å². The Morgan fingerprint density at radius 3 is 3.05 bits per heavy atom. The molecule has 0 spiro atoms. The summed E-state index contributed by atoms with van der Waals surface area (Å²) in [5.74, 6) is 0.773. The summed E-state index contributed by atoms with van der Waals surface area (Å²) in [7, 11) is 0. The Morgan fingerprint density at radius 2 is 2.14 bits per heavy atom. The van der Waals surface area contributed by atoms with E-state index in [-0.39, 0.29) is 0 Å². The summed E-state index contributed by atoms with van der Waals surface area (Å²) in [6.45, 7) is 3.07. The minimum atomic E-state index is 0.690. The molecule has 0 radical (unpaired) electrons. The quantitative estimate of drug-likeness (QED) is 0.741. The lowest BCUT2D eigenvalue weighted by Gasteiger charge is -2.13. The van der Waals surface area contributed by atoms with Crippen LogP contribution in [0.2, 0.25) is 0 Å². The Bertz CT molecular complexity index is 824. The van der Waals surface area contributed by atoms with Crippen molar-refractivity contribution in [3.8, 4) is 0 Å². The Kier molecular flexibility index (Phi) is 3.41. The third kappa shape index (κ3) is 2.21. The predicted octanol–water partition coefficient (Wildman–Crippen LogP) is 3.86. The number of anilines is 1. The smallest absolute Gasteiger partial charge is 0.229 e. The molecule has 0 atom stereocenters. The fourth-order valence-electron chi connectivity index (χ4n) is 3.13. The molecule has 4 rings (SSSR count). The van der Waals surface area contributed by atoms with E-state index in [0.29, 0.717) is 5.71 Å². The number of nitrogens with zero attached hydrogens (tertiary/aromatic N) is 3. The van der Waals surface area contributed by atoms with Crippen molar-refractivity contribution in [2.75, 3.05) is 11.9 Å². The predicted molar refractivity (Wildman–Crippen MR) is 87.1 cm³/mol. The van der Waals surface area contributed by atoms with E-state index in [2.05, 4.69) is 28.3 Å². The van der Waals surface area contributed by atoms with Gasteiger partial charge in [0.05, 0.1) is 5.39 Å². The summed E-state index contributed by atoms with van der Waals surface area (Å²) in [5, 5.41) is 4.36. The van der Waals surface area contributed by atoms with Crippen LogP contribution in [0.4, 0.5) is 5.82 Å². The molecule has 5 heteroatoms. The maximum atomic E-state index is 5.98. The molecule has 0 amide bonds. The topological polar surface area (TPSA) is 63.8 Å². The lowest BCUT2D eigenvalue weighted by Crippen LogP contribution is -2.04. The number of hydrogen-bond donors (Lipinski definition) is 1. The Morgan fingerprint density at radius 1 is 1.23 bits per heavy atom. The fourth-order valence-corrected chi connectivity index (χ4v) is 3.13. The van der Waals surface area contributed by atoms with Crippen LogP contribution in [0.5, 0.6) is 0 Å². The summed E-state index contributed by atoms with van der Waals surface area (Å²) < 4.78 is 5.98. The standard InChI is InChI=1S/C17H20N4O/c1-2-3-8-18-16-15-14(19-10-20-16)12-9-11-6-4-5-7-13(11)21-17(12)22-15/h9-10H,2-8H2,1H3,(H,18,19,20). The number of rotatable bonds is 4. The van der Waals surface area contributed by atoms with Gasteiger partial charge in [-0.1, -0.05) is 13.3 Å². The molecule has 1 N–H and O–H groups in total. The molecular formula is C17H20N4O. The van der Waals surface area contributed by atoms with E-state index in [1.165, 1.54) is 24.1 Å². The van der Waals surface area contributed by atoms with Gasteiger partial charge in [-0.15, -0.1) is 0 Å². The van der Waals surface area contributed by atoms with Crippen LogP contribution >= 0.6 is 0 Å². The molecule has 0 saturated heterocycles. The highest BCUT2D eigenvalue weighted by Gasteiger charge is 2.18. The van der Waals surface area contributed by atoms with Crippen molar-refractivity contribution >= 4 is 28.0 Å². The number of pyridine rings is 1. The zero-order valence-corrected chi connectivity index (χ0v) is 12.9. The summed E-state index contributed by atoms with van der Waals surface area (Å²) in [6, 6.07) is 2.21. The molecule has 0 unspecified atom stereocenters. The number of hydrogen-bond acceptors (Lipinski definition) is 5. The van der Waals surface area contributed by atoms with Gasteiger partial charge in [-0.25, -0.2) is 15.0 Å². The van der Waals surface area contributed by atoms with Gasteiger partial charge in [0, 0.05) is 12.2 Å². The molecule has 114 valence electrons. The van der Waals surface area contributed by atoms with Crippen molar-refractivity contribution in [2.45, 2.75) is 45.4 Å². The molecule has 0 aromatic carbocycles. The zero-order chi connectivity index (χ0) is 14.9. The number of furan rings is 1. The van der Waals surface area contributed by atoms with E-state index in [9.17, 15) is 0 Å². The highest BCUT2D eigenvalue weighted by atomic mass is 16.3. The molecule has 3 heterocycles. The molecule has 0 saturated carbocycles. The van der Waals surface area contributed by atoms with Crippen LogP contribution < -0.4 is 5.32 Å². The monoisotopic (exact) mass is 296 g/mol. The molecule has 0 fully saturated rings. The molecule has 1 aliphatic carbocycles. The van der Waals surface area contributed by atoms with Crippen LogP contribution in [-0.2, 0) is 12.8 Å². The molecule has 0 bridgehead atoms. The second-order valence-corrected chi connectivity index (χ2v) is 5.94. The minimum absolute atomic E-state index is 0.690. The van der Waals surface area contributed by atoms with Crippen molar-refractivity contribution in [1.82, 2.24) is 15.0 Å². The highest BCUT2D eigenvalue weighted by Crippen LogP contribution is 2.32. The van der Waals surface area contributed by atoms with Crippen molar-refractivity contribution in [2.24, 2.45) is 0 Å². The lowest BCUT2D eigenvalue weighted by molar-refractivity contribution is 0.631. The van der Waals surface area contributed by atoms with Crippen molar-refractivity contribution in [3.63, 3.8) is 0 Å². The average Bonchev–Trinajstić information content (AvgIpc) is 2.91. The van der Waals surface area contributed by atoms with Crippen LogP contribution in [0.15, 0.2) is 16.8 Å². The van der Waals surface area contributed by atoms with Crippen molar-refractivity contribution in [1.29, 1.82) is 0 Å². The van der Waals surface area contributed by atoms with E-state index in [1.807, 2.05) is 0 Å². The average molecular weight is 296 g/mol. The first-order valence-electron chi connectivity index (χ1n) is 8.16. The van der Waals surface area contributed by atoms with Gasteiger partial charge in [0.2, 0.25) is 5.71 Å². The molecule has 1 aliphatic rings. The molecular weight excluding hydrogens is 276 g/mol. The lowest BCUT2D eigenvalue weighted by atomic mass is 9.95. The van der Waals surface area contributed by atoms with Crippen LogP contribution in [-0.4, -0.2) is 21.5 Å². The normalized spacial score (nSPS) is 14.4. The highest BCUT2D eigenvalue weighted by molar-refractivity contribution is 6.04. The second-order valence-electron chi connectivity index (χ2n) is 5.94. The van der Waals surface area contributed by atoms with E-state index >= 15 is 0 Å². The van der Waals surface area contributed by atoms with Gasteiger partial charge in [0.25, 0.3) is 0 Å². The van der Waals surface area contributed by atoms with Gasteiger partial charge >= 0.3 is 0 Å². The molecule has 3 aromatic rings. The van der Waals surface area contributed by atoms with Crippen molar-refractivity contribution < 1.29 is 4.42 Å². The Balaban J connectivity index is 1.84. The van der Waals surface area contributed by atoms with E-state index < -0.39 is 0 Å². The van der Waals surface area contributed by atoms with Crippen LogP contribution in [0.1, 0.15) is 43.9 Å². The third-order valence-corrected chi connectivity index (χ3v) is 4.35. The van der Waals surface area contributed by atoms with Crippen LogP contribution in [0.3, 0.4) is 0 Å². The molecule has 22 heavy (non-hydrogen) atoms. The van der Waals surface area contributed by atoms with E-state index in [0.717, 1.165) is 54.5 Å². The summed E-state index contributed by atoms with van der Waals surface area (Å²) in [4.78, 5) is 13.5. The summed E-state index contributed by atoms with van der Waals surface area (Å²) >= 11 is 0. The van der Waals surface area contributed by atoms with Gasteiger partial charge in [0.1, 0.15) is 11.8 Å². The second kappa shape index (κ2) is 5.55. The van der Waals surface area contributed by atoms with E-state index in [1.54, 1.807) is 6.33 Å².